The van der Waals surface area contributed by atoms with E-state index in [1.165, 1.54) is 11.8 Å². The molecular weight excluding hydrogens is 306 g/mol. The minimum Gasteiger partial charge on any atom is -0.351 e. The molecule has 1 aliphatic rings. The Morgan fingerprint density at radius 2 is 2.29 bits per heavy atom. The third kappa shape index (κ3) is 3.74. The SMILES string of the molecule is CCCCC(=O)NN1C(=O)/C(=C\c2cccn2C)SC1=S. The number of hydrogen-bond acceptors (Lipinski definition) is 4. The molecule has 1 aliphatic heterocycles. The zero-order valence-electron chi connectivity index (χ0n) is 12.0. The topological polar surface area (TPSA) is 54.3 Å². The highest BCUT2D eigenvalue weighted by molar-refractivity contribution is 8.26. The fourth-order valence-corrected chi connectivity index (χ4v) is 3.00. The van der Waals surface area contributed by atoms with Gasteiger partial charge in [0.15, 0.2) is 4.32 Å². The van der Waals surface area contributed by atoms with Crippen molar-refractivity contribution < 1.29 is 9.59 Å². The van der Waals surface area contributed by atoms with Gasteiger partial charge in [0, 0.05) is 25.4 Å². The van der Waals surface area contributed by atoms with Crippen LogP contribution in [0.2, 0.25) is 0 Å². The molecule has 1 fully saturated rings. The summed E-state index contributed by atoms with van der Waals surface area (Å²) in [6, 6.07) is 3.81. The number of rotatable bonds is 5. The number of carbonyl (C=O) groups excluding carboxylic acids is 2. The van der Waals surface area contributed by atoms with Crippen LogP contribution in [0, 0.1) is 0 Å². The lowest BCUT2D eigenvalue weighted by atomic mass is 10.2. The van der Waals surface area contributed by atoms with Crippen molar-refractivity contribution in [3.05, 3.63) is 28.9 Å². The molecule has 2 rings (SSSR count). The molecule has 2 amide bonds. The molecule has 0 aliphatic carbocycles. The zero-order chi connectivity index (χ0) is 15.4. The highest BCUT2D eigenvalue weighted by atomic mass is 32.2. The molecule has 7 heteroatoms. The number of unbranched alkanes of at least 4 members (excludes halogenated alkanes) is 1. The number of thioether (sulfide) groups is 1. The molecule has 1 saturated heterocycles. The van der Waals surface area contributed by atoms with Gasteiger partial charge in [-0.2, -0.15) is 5.01 Å². The zero-order valence-corrected chi connectivity index (χ0v) is 13.6. The molecule has 0 bridgehead atoms. The number of thiocarbonyl (C=S) groups is 1. The number of aromatic nitrogens is 1. The number of amides is 2. The molecule has 1 aromatic rings. The fraction of sp³-hybridized carbons (Fsp3) is 0.357. The van der Waals surface area contributed by atoms with Gasteiger partial charge in [-0.15, -0.1) is 0 Å². The largest absolute Gasteiger partial charge is 0.351 e. The molecule has 1 aromatic heterocycles. The normalized spacial score (nSPS) is 16.9. The minimum atomic E-state index is -0.281. The first-order valence-corrected chi connectivity index (χ1v) is 7.94. The van der Waals surface area contributed by atoms with E-state index in [2.05, 4.69) is 5.43 Å². The summed E-state index contributed by atoms with van der Waals surface area (Å²) in [4.78, 5) is 24.5. The number of hydrogen-bond donors (Lipinski definition) is 1. The molecule has 0 saturated carbocycles. The number of aryl methyl sites for hydroxylation is 1. The summed E-state index contributed by atoms with van der Waals surface area (Å²) in [7, 11) is 1.90. The lowest BCUT2D eigenvalue weighted by Gasteiger charge is -2.15. The Bertz CT molecular complexity index is 607. The summed E-state index contributed by atoms with van der Waals surface area (Å²) in [5.74, 6) is -0.468. The Balaban J connectivity index is 2.08. The van der Waals surface area contributed by atoms with E-state index >= 15 is 0 Å². The van der Waals surface area contributed by atoms with Crippen LogP contribution >= 0.6 is 24.0 Å². The lowest BCUT2D eigenvalue weighted by Crippen LogP contribution is -2.44. The summed E-state index contributed by atoms with van der Waals surface area (Å²) >= 11 is 6.36. The van der Waals surface area contributed by atoms with Crippen molar-refractivity contribution in [2.24, 2.45) is 7.05 Å². The van der Waals surface area contributed by atoms with E-state index in [0.29, 0.717) is 15.6 Å². The summed E-state index contributed by atoms with van der Waals surface area (Å²) < 4.78 is 2.26. The van der Waals surface area contributed by atoms with E-state index in [0.717, 1.165) is 23.5 Å². The van der Waals surface area contributed by atoms with Crippen LogP contribution in [0.4, 0.5) is 0 Å². The number of nitrogens with one attached hydrogen (secondary N) is 1. The molecule has 112 valence electrons. The van der Waals surface area contributed by atoms with Crippen molar-refractivity contribution in [3.8, 4) is 0 Å². The fourth-order valence-electron chi connectivity index (χ4n) is 1.84. The van der Waals surface area contributed by atoms with Crippen LogP contribution in [0.1, 0.15) is 31.9 Å². The highest BCUT2D eigenvalue weighted by Gasteiger charge is 2.33. The summed E-state index contributed by atoms with van der Waals surface area (Å²) in [6.07, 6.45) is 5.79. The molecule has 0 spiro atoms. The second-order valence-corrected chi connectivity index (χ2v) is 6.38. The third-order valence-corrected chi connectivity index (χ3v) is 4.35. The van der Waals surface area contributed by atoms with Crippen molar-refractivity contribution in [2.75, 3.05) is 0 Å². The third-order valence-electron chi connectivity index (χ3n) is 3.05. The number of hydrazine groups is 1. The van der Waals surface area contributed by atoms with Crippen LogP contribution in [-0.2, 0) is 16.6 Å². The Kier molecular flexibility index (Phi) is 5.19. The van der Waals surface area contributed by atoms with Crippen LogP contribution in [0.25, 0.3) is 6.08 Å². The van der Waals surface area contributed by atoms with Crippen LogP contribution in [0.5, 0.6) is 0 Å². The standard InChI is InChI=1S/C14H17N3O2S2/c1-3-4-7-12(18)15-17-13(19)11(21-14(17)20)9-10-6-5-8-16(10)2/h5-6,8-9H,3-4,7H2,1-2H3,(H,15,18)/b11-9+. The van der Waals surface area contributed by atoms with Gasteiger partial charge in [-0.3, -0.25) is 15.0 Å². The molecule has 0 radical (unpaired) electrons. The predicted molar refractivity (Wildman–Crippen MR) is 88.1 cm³/mol. The molecule has 1 N–H and O–H groups in total. The van der Waals surface area contributed by atoms with E-state index < -0.39 is 0 Å². The van der Waals surface area contributed by atoms with Gasteiger partial charge in [-0.25, -0.2) is 0 Å². The summed E-state index contributed by atoms with van der Waals surface area (Å²) in [6.45, 7) is 2.01. The molecular formula is C14H17N3O2S2. The van der Waals surface area contributed by atoms with E-state index in [1.807, 2.05) is 36.9 Å². The van der Waals surface area contributed by atoms with E-state index in [1.54, 1.807) is 6.08 Å². The predicted octanol–water partition coefficient (Wildman–Crippen LogP) is 2.45. The minimum absolute atomic E-state index is 0.187. The second-order valence-electron chi connectivity index (χ2n) is 4.70. The van der Waals surface area contributed by atoms with Crippen molar-refractivity contribution in [2.45, 2.75) is 26.2 Å². The van der Waals surface area contributed by atoms with Gasteiger partial charge < -0.3 is 4.57 Å². The van der Waals surface area contributed by atoms with Crippen molar-refractivity contribution in [3.63, 3.8) is 0 Å². The average molecular weight is 323 g/mol. The van der Waals surface area contributed by atoms with Crippen molar-refractivity contribution >= 4 is 46.2 Å². The average Bonchev–Trinajstić information content (AvgIpc) is 2.96. The van der Waals surface area contributed by atoms with Crippen LogP contribution in [0.15, 0.2) is 23.2 Å². The molecule has 0 atom stereocenters. The summed E-state index contributed by atoms with van der Waals surface area (Å²) in [5, 5.41) is 1.16. The Hall–Kier alpha value is -1.60. The van der Waals surface area contributed by atoms with Gasteiger partial charge in [-0.1, -0.05) is 25.1 Å². The maximum Gasteiger partial charge on any atom is 0.285 e. The van der Waals surface area contributed by atoms with Gasteiger partial charge >= 0.3 is 0 Å². The van der Waals surface area contributed by atoms with Crippen LogP contribution in [-0.4, -0.2) is 25.7 Å². The molecule has 2 heterocycles. The molecule has 0 aromatic carbocycles. The number of nitrogens with zero attached hydrogens (tertiary/aromatic N) is 2. The van der Waals surface area contributed by atoms with Gasteiger partial charge in [0.25, 0.3) is 5.91 Å². The van der Waals surface area contributed by atoms with Gasteiger partial charge in [-0.05, 0) is 36.8 Å². The van der Waals surface area contributed by atoms with Crippen molar-refractivity contribution in [1.29, 1.82) is 0 Å². The first-order chi connectivity index (χ1) is 10.0. The first kappa shape index (κ1) is 15.8. The second kappa shape index (κ2) is 6.91. The van der Waals surface area contributed by atoms with E-state index in [4.69, 9.17) is 12.2 Å². The molecule has 0 unspecified atom stereocenters. The maximum atomic E-state index is 12.3. The first-order valence-electron chi connectivity index (χ1n) is 6.71. The van der Waals surface area contributed by atoms with Gasteiger partial charge in [0.2, 0.25) is 5.91 Å². The van der Waals surface area contributed by atoms with Gasteiger partial charge in [0.1, 0.15) is 0 Å². The Morgan fingerprint density at radius 3 is 2.90 bits per heavy atom. The quantitative estimate of drug-likeness (QED) is 0.668. The lowest BCUT2D eigenvalue weighted by molar-refractivity contribution is -0.133. The highest BCUT2D eigenvalue weighted by Crippen LogP contribution is 2.31. The Morgan fingerprint density at radius 1 is 1.52 bits per heavy atom. The van der Waals surface area contributed by atoms with E-state index in [9.17, 15) is 9.59 Å². The van der Waals surface area contributed by atoms with E-state index in [-0.39, 0.29) is 11.8 Å². The summed E-state index contributed by atoms with van der Waals surface area (Å²) in [5.41, 5.74) is 3.48. The number of carbonyl (C=O) groups is 2. The van der Waals surface area contributed by atoms with Crippen LogP contribution < -0.4 is 5.43 Å². The van der Waals surface area contributed by atoms with Gasteiger partial charge in [0.05, 0.1) is 4.91 Å². The maximum absolute atomic E-state index is 12.3. The van der Waals surface area contributed by atoms with Crippen molar-refractivity contribution in [1.82, 2.24) is 15.0 Å². The molecule has 21 heavy (non-hydrogen) atoms. The monoisotopic (exact) mass is 323 g/mol. The molecule has 5 nitrogen and oxygen atoms in total. The smallest absolute Gasteiger partial charge is 0.285 e. The van der Waals surface area contributed by atoms with Crippen LogP contribution in [0.3, 0.4) is 0 Å². The Labute approximate surface area is 133 Å².